The highest BCUT2D eigenvalue weighted by atomic mass is 127. The lowest BCUT2D eigenvalue weighted by atomic mass is 10.2. The molecule has 0 heterocycles. The van der Waals surface area contributed by atoms with Gasteiger partial charge in [0.05, 0.1) is 0 Å². The summed E-state index contributed by atoms with van der Waals surface area (Å²) in [7, 11) is 0. The van der Waals surface area contributed by atoms with E-state index in [1.807, 2.05) is 36.4 Å². The van der Waals surface area contributed by atoms with Gasteiger partial charge in [-0.1, -0.05) is 0 Å². The SMILES string of the molecule is CC(C)NC(=O)COc1ccc(I)cc1C(=O)O. The van der Waals surface area contributed by atoms with Gasteiger partial charge in [-0.15, -0.1) is 0 Å². The maximum atomic E-state index is 11.4. The lowest BCUT2D eigenvalue weighted by Crippen LogP contribution is -2.34. The van der Waals surface area contributed by atoms with Crippen molar-refractivity contribution in [2.75, 3.05) is 6.61 Å². The summed E-state index contributed by atoms with van der Waals surface area (Å²) in [5.41, 5.74) is 0.0549. The zero-order valence-electron chi connectivity index (χ0n) is 10.1. The first-order chi connectivity index (χ1) is 8.40. The Hall–Kier alpha value is -1.31. The molecule has 0 atom stereocenters. The Morgan fingerprint density at radius 3 is 2.67 bits per heavy atom. The first-order valence-electron chi connectivity index (χ1n) is 5.35. The molecule has 2 N–H and O–H groups in total. The largest absolute Gasteiger partial charge is 0.483 e. The minimum absolute atomic E-state index is 0.0248. The van der Waals surface area contributed by atoms with Crippen molar-refractivity contribution in [3.8, 4) is 5.75 Å². The Morgan fingerprint density at radius 2 is 2.11 bits per heavy atom. The fourth-order valence-electron chi connectivity index (χ4n) is 1.30. The molecule has 0 aromatic heterocycles. The van der Waals surface area contributed by atoms with E-state index < -0.39 is 5.97 Å². The summed E-state index contributed by atoms with van der Waals surface area (Å²) in [6, 6.07) is 4.80. The molecule has 0 spiro atoms. The molecule has 1 aromatic rings. The molecule has 1 rings (SSSR count). The average molecular weight is 363 g/mol. The van der Waals surface area contributed by atoms with Gasteiger partial charge in [-0.25, -0.2) is 4.79 Å². The quantitative estimate of drug-likeness (QED) is 0.784. The molecule has 6 heteroatoms. The Labute approximate surface area is 119 Å². The molecule has 1 amide bonds. The smallest absolute Gasteiger partial charge is 0.339 e. The number of aromatic carboxylic acids is 1. The third-order valence-electron chi connectivity index (χ3n) is 1.98. The first-order valence-corrected chi connectivity index (χ1v) is 6.43. The second-order valence-electron chi connectivity index (χ2n) is 3.96. The Morgan fingerprint density at radius 1 is 1.44 bits per heavy atom. The molecule has 0 aliphatic heterocycles. The molecule has 0 unspecified atom stereocenters. The highest BCUT2D eigenvalue weighted by Gasteiger charge is 2.13. The van der Waals surface area contributed by atoms with Crippen molar-refractivity contribution in [2.45, 2.75) is 19.9 Å². The van der Waals surface area contributed by atoms with Crippen LogP contribution in [-0.2, 0) is 4.79 Å². The number of halogens is 1. The summed E-state index contributed by atoms with van der Waals surface area (Å²) in [6.07, 6.45) is 0. The summed E-state index contributed by atoms with van der Waals surface area (Å²) in [4.78, 5) is 22.4. The summed E-state index contributed by atoms with van der Waals surface area (Å²) < 4.78 is 6.02. The third kappa shape index (κ3) is 4.52. The highest BCUT2D eigenvalue weighted by Crippen LogP contribution is 2.21. The number of carboxylic acids is 1. The average Bonchev–Trinajstić information content (AvgIpc) is 2.26. The van der Waals surface area contributed by atoms with E-state index in [2.05, 4.69) is 5.32 Å². The molecular formula is C12H14INO4. The van der Waals surface area contributed by atoms with E-state index in [4.69, 9.17) is 9.84 Å². The molecule has 0 saturated heterocycles. The minimum Gasteiger partial charge on any atom is -0.483 e. The van der Waals surface area contributed by atoms with E-state index in [0.717, 1.165) is 3.57 Å². The van der Waals surface area contributed by atoms with Gasteiger partial charge in [0.2, 0.25) is 0 Å². The van der Waals surface area contributed by atoms with Crippen molar-refractivity contribution < 1.29 is 19.4 Å². The first kappa shape index (κ1) is 14.7. The normalized spacial score (nSPS) is 10.2. The van der Waals surface area contributed by atoms with Gasteiger partial charge in [0.25, 0.3) is 5.91 Å². The number of nitrogens with one attached hydrogen (secondary N) is 1. The van der Waals surface area contributed by atoms with Crippen molar-refractivity contribution in [1.29, 1.82) is 0 Å². The fraction of sp³-hybridized carbons (Fsp3) is 0.333. The van der Waals surface area contributed by atoms with Crippen molar-refractivity contribution in [3.05, 3.63) is 27.3 Å². The number of hydrogen-bond donors (Lipinski definition) is 2. The van der Waals surface area contributed by atoms with Crippen LogP contribution in [0.3, 0.4) is 0 Å². The van der Waals surface area contributed by atoms with E-state index in [1.165, 1.54) is 6.07 Å². The van der Waals surface area contributed by atoms with Gasteiger partial charge in [0, 0.05) is 9.61 Å². The molecule has 98 valence electrons. The van der Waals surface area contributed by atoms with Crippen molar-refractivity contribution >= 4 is 34.5 Å². The number of benzene rings is 1. The van der Waals surface area contributed by atoms with Gasteiger partial charge in [0.1, 0.15) is 11.3 Å². The van der Waals surface area contributed by atoms with Gasteiger partial charge in [-0.2, -0.15) is 0 Å². The third-order valence-corrected chi connectivity index (χ3v) is 2.65. The van der Waals surface area contributed by atoms with Crippen LogP contribution < -0.4 is 10.1 Å². The van der Waals surface area contributed by atoms with E-state index >= 15 is 0 Å². The highest BCUT2D eigenvalue weighted by molar-refractivity contribution is 14.1. The van der Waals surface area contributed by atoms with Gasteiger partial charge < -0.3 is 15.2 Å². The molecular weight excluding hydrogens is 349 g/mol. The Balaban J connectivity index is 2.73. The number of carbonyl (C=O) groups excluding carboxylic acids is 1. The van der Waals surface area contributed by atoms with Crippen LogP contribution in [0.15, 0.2) is 18.2 Å². The van der Waals surface area contributed by atoms with Crippen LogP contribution in [0, 0.1) is 3.57 Å². The molecule has 0 fully saturated rings. The number of carboxylic acid groups (broad SMARTS) is 1. The topological polar surface area (TPSA) is 75.6 Å². The van der Waals surface area contributed by atoms with Crippen molar-refractivity contribution in [1.82, 2.24) is 5.32 Å². The van der Waals surface area contributed by atoms with Crippen molar-refractivity contribution in [2.24, 2.45) is 0 Å². The lowest BCUT2D eigenvalue weighted by molar-refractivity contribution is -0.123. The summed E-state index contributed by atoms with van der Waals surface area (Å²) in [5, 5.41) is 11.7. The van der Waals surface area contributed by atoms with Gasteiger partial charge in [0.15, 0.2) is 6.61 Å². The zero-order chi connectivity index (χ0) is 13.7. The van der Waals surface area contributed by atoms with E-state index in [1.54, 1.807) is 12.1 Å². The maximum Gasteiger partial charge on any atom is 0.339 e. The molecule has 18 heavy (non-hydrogen) atoms. The number of amides is 1. The van der Waals surface area contributed by atoms with E-state index in [-0.39, 0.29) is 29.9 Å². The van der Waals surface area contributed by atoms with E-state index in [0.29, 0.717) is 0 Å². The molecule has 0 bridgehead atoms. The van der Waals surface area contributed by atoms with Crippen LogP contribution in [0.5, 0.6) is 5.75 Å². The minimum atomic E-state index is -1.08. The van der Waals surface area contributed by atoms with Crippen LogP contribution in [-0.4, -0.2) is 29.6 Å². The van der Waals surface area contributed by atoms with Crippen LogP contribution >= 0.6 is 22.6 Å². The van der Waals surface area contributed by atoms with Crippen LogP contribution in [0.1, 0.15) is 24.2 Å². The Bertz CT molecular complexity index is 459. The summed E-state index contributed by atoms with van der Waals surface area (Å²) in [5.74, 6) is -1.16. The second kappa shape index (κ2) is 6.58. The van der Waals surface area contributed by atoms with Crippen LogP contribution in [0.4, 0.5) is 0 Å². The van der Waals surface area contributed by atoms with Gasteiger partial charge in [-0.3, -0.25) is 4.79 Å². The van der Waals surface area contributed by atoms with E-state index in [9.17, 15) is 9.59 Å². The van der Waals surface area contributed by atoms with Gasteiger partial charge in [-0.05, 0) is 54.6 Å². The van der Waals surface area contributed by atoms with Crippen LogP contribution in [0.2, 0.25) is 0 Å². The monoisotopic (exact) mass is 363 g/mol. The summed E-state index contributed by atoms with van der Waals surface area (Å²) in [6.45, 7) is 3.48. The lowest BCUT2D eigenvalue weighted by Gasteiger charge is -2.11. The number of carbonyl (C=O) groups is 2. The standard InChI is InChI=1S/C12H14INO4/c1-7(2)14-11(15)6-18-10-4-3-8(13)5-9(10)12(16)17/h3-5,7H,6H2,1-2H3,(H,14,15)(H,16,17). The molecule has 0 aliphatic rings. The molecule has 0 saturated carbocycles. The number of rotatable bonds is 5. The predicted molar refractivity (Wildman–Crippen MR) is 74.9 cm³/mol. The number of hydrogen-bond acceptors (Lipinski definition) is 3. The molecule has 1 aromatic carbocycles. The fourth-order valence-corrected chi connectivity index (χ4v) is 1.79. The maximum absolute atomic E-state index is 11.4. The predicted octanol–water partition coefficient (Wildman–Crippen LogP) is 1.89. The summed E-state index contributed by atoms with van der Waals surface area (Å²) >= 11 is 2.02. The van der Waals surface area contributed by atoms with Crippen molar-refractivity contribution in [3.63, 3.8) is 0 Å². The Kier molecular flexibility index (Phi) is 5.39. The second-order valence-corrected chi connectivity index (χ2v) is 5.20. The number of ether oxygens (including phenoxy) is 1. The van der Waals surface area contributed by atoms with Crippen LogP contribution in [0.25, 0.3) is 0 Å². The molecule has 5 nitrogen and oxygen atoms in total. The molecule has 0 radical (unpaired) electrons. The molecule has 0 aliphatic carbocycles. The zero-order valence-corrected chi connectivity index (χ0v) is 12.2. The van der Waals surface area contributed by atoms with Gasteiger partial charge >= 0.3 is 5.97 Å².